The predicted molar refractivity (Wildman–Crippen MR) is 128 cm³/mol. The van der Waals surface area contributed by atoms with E-state index in [0.29, 0.717) is 13.1 Å². The minimum Gasteiger partial charge on any atom is -0.356 e. The van der Waals surface area contributed by atoms with Crippen molar-refractivity contribution < 1.29 is 9.59 Å². The molecule has 8 nitrogen and oxygen atoms in total. The van der Waals surface area contributed by atoms with E-state index in [1.54, 1.807) is 17.5 Å². The largest absolute Gasteiger partial charge is 0.356 e. The maximum Gasteiger partial charge on any atom is 0.223 e. The third kappa shape index (κ3) is 6.38. The third-order valence-electron chi connectivity index (χ3n) is 6.26. The van der Waals surface area contributed by atoms with Crippen LogP contribution in [0.25, 0.3) is 10.3 Å². The van der Waals surface area contributed by atoms with Crippen molar-refractivity contribution in [2.45, 2.75) is 44.9 Å². The molecule has 0 atom stereocenters. The average Bonchev–Trinajstić information content (AvgIpc) is 3.10. The van der Waals surface area contributed by atoms with Gasteiger partial charge in [0.2, 0.25) is 11.8 Å². The fraction of sp³-hybridized carbons (Fsp3) is 0.652. The number of anilines is 1. The fourth-order valence-corrected chi connectivity index (χ4v) is 5.39. The number of nitrogens with one attached hydrogen (secondary N) is 1. The Kier molecular flexibility index (Phi) is 8.28. The summed E-state index contributed by atoms with van der Waals surface area (Å²) in [7, 11) is 0. The molecule has 2 amide bonds. The number of hydrogen-bond acceptors (Lipinski definition) is 7. The molecule has 2 fully saturated rings. The van der Waals surface area contributed by atoms with Crippen molar-refractivity contribution in [2.24, 2.45) is 0 Å². The minimum atomic E-state index is -0.0181. The maximum absolute atomic E-state index is 12.7. The molecular formula is C23H34N6O2S. The van der Waals surface area contributed by atoms with Crippen molar-refractivity contribution in [1.82, 2.24) is 25.1 Å². The summed E-state index contributed by atoms with van der Waals surface area (Å²) in [5.74, 6) is 0.0525. The molecule has 2 saturated heterocycles. The Morgan fingerprint density at radius 2 is 1.88 bits per heavy atom. The SMILES string of the molecule is O=C(CCC(=O)N1CCCN(c2nc3cccnc3s2)CC1)NCCCN1CCCCC1. The lowest BCUT2D eigenvalue weighted by Crippen LogP contribution is -2.36. The summed E-state index contributed by atoms with van der Waals surface area (Å²) in [5, 5.41) is 3.95. The number of carbonyl (C=O) groups is 2. The van der Waals surface area contributed by atoms with E-state index in [1.165, 1.54) is 32.4 Å². The van der Waals surface area contributed by atoms with E-state index < -0.39 is 0 Å². The molecule has 4 rings (SSSR count). The maximum atomic E-state index is 12.7. The number of fused-ring (bicyclic) bond motifs is 1. The second-order valence-corrected chi connectivity index (χ2v) is 9.61. The van der Waals surface area contributed by atoms with Crippen LogP contribution in [0, 0.1) is 0 Å². The summed E-state index contributed by atoms with van der Waals surface area (Å²) in [5.41, 5.74) is 0.923. The first-order chi connectivity index (χ1) is 15.7. The Labute approximate surface area is 194 Å². The van der Waals surface area contributed by atoms with Crippen molar-refractivity contribution >= 4 is 38.6 Å². The van der Waals surface area contributed by atoms with Gasteiger partial charge < -0.3 is 20.0 Å². The number of amides is 2. The van der Waals surface area contributed by atoms with E-state index >= 15 is 0 Å². The predicted octanol–water partition coefficient (Wildman–Crippen LogP) is 2.50. The normalized spacial score (nSPS) is 18.0. The molecule has 0 unspecified atom stereocenters. The van der Waals surface area contributed by atoms with E-state index in [2.05, 4.69) is 20.1 Å². The highest BCUT2D eigenvalue weighted by Crippen LogP contribution is 2.27. The quantitative estimate of drug-likeness (QED) is 0.612. The van der Waals surface area contributed by atoms with Gasteiger partial charge in [0, 0.05) is 51.8 Å². The molecule has 2 aromatic heterocycles. The number of likely N-dealkylation sites (tertiary alicyclic amines) is 1. The molecule has 32 heavy (non-hydrogen) atoms. The summed E-state index contributed by atoms with van der Waals surface area (Å²) >= 11 is 1.60. The highest BCUT2D eigenvalue weighted by Gasteiger charge is 2.21. The summed E-state index contributed by atoms with van der Waals surface area (Å²) in [6.45, 7) is 7.15. The Bertz CT molecular complexity index is 864. The third-order valence-corrected chi connectivity index (χ3v) is 7.30. The molecule has 1 N–H and O–H groups in total. The zero-order valence-electron chi connectivity index (χ0n) is 18.8. The van der Waals surface area contributed by atoms with Crippen LogP contribution in [0.4, 0.5) is 5.13 Å². The fourth-order valence-electron chi connectivity index (χ4n) is 4.43. The van der Waals surface area contributed by atoms with Crippen molar-refractivity contribution in [2.75, 3.05) is 57.3 Å². The highest BCUT2D eigenvalue weighted by atomic mass is 32.1. The monoisotopic (exact) mass is 458 g/mol. The number of thiazole rings is 1. The van der Waals surface area contributed by atoms with E-state index in [1.807, 2.05) is 17.0 Å². The van der Waals surface area contributed by atoms with Gasteiger partial charge in [-0.2, -0.15) is 0 Å². The number of pyridine rings is 1. The van der Waals surface area contributed by atoms with Crippen LogP contribution in [-0.2, 0) is 9.59 Å². The van der Waals surface area contributed by atoms with Gasteiger partial charge in [0.15, 0.2) is 5.13 Å². The van der Waals surface area contributed by atoms with Crippen LogP contribution in [-0.4, -0.2) is 83.9 Å². The summed E-state index contributed by atoms with van der Waals surface area (Å²) in [6, 6.07) is 3.88. The summed E-state index contributed by atoms with van der Waals surface area (Å²) in [4.78, 5) is 41.5. The van der Waals surface area contributed by atoms with Crippen LogP contribution in [0.3, 0.4) is 0 Å². The Hall–Kier alpha value is -2.26. The van der Waals surface area contributed by atoms with Crippen LogP contribution >= 0.6 is 11.3 Å². The standard InChI is InChI=1S/C23H34N6O2S/c30-20(24-11-5-14-27-12-2-1-3-13-27)8-9-21(31)28-15-6-16-29(18-17-28)23-26-19-7-4-10-25-22(19)32-23/h4,7,10H,1-3,5-6,8-9,11-18H2,(H,24,30). The molecule has 9 heteroatoms. The van der Waals surface area contributed by atoms with E-state index in [-0.39, 0.29) is 24.7 Å². The van der Waals surface area contributed by atoms with Gasteiger partial charge in [-0.25, -0.2) is 9.97 Å². The van der Waals surface area contributed by atoms with Crippen molar-refractivity contribution in [1.29, 1.82) is 0 Å². The number of nitrogens with zero attached hydrogens (tertiary/aromatic N) is 5. The van der Waals surface area contributed by atoms with Gasteiger partial charge in [-0.3, -0.25) is 9.59 Å². The molecule has 0 aromatic carbocycles. The van der Waals surface area contributed by atoms with E-state index in [9.17, 15) is 9.59 Å². The number of aromatic nitrogens is 2. The van der Waals surface area contributed by atoms with Crippen molar-refractivity contribution in [3.8, 4) is 0 Å². The summed E-state index contributed by atoms with van der Waals surface area (Å²) < 4.78 is 0. The highest BCUT2D eigenvalue weighted by molar-refractivity contribution is 7.21. The second-order valence-electron chi connectivity index (χ2n) is 8.65. The zero-order chi connectivity index (χ0) is 22.2. The lowest BCUT2D eigenvalue weighted by atomic mass is 10.1. The molecule has 4 heterocycles. The first-order valence-electron chi connectivity index (χ1n) is 11.9. The van der Waals surface area contributed by atoms with Gasteiger partial charge in [-0.05, 0) is 57.5 Å². The van der Waals surface area contributed by atoms with Crippen LogP contribution in [0.1, 0.15) is 44.9 Å². The molecule has 174 valence electrons. The van der Waals surface area contributed by atoms with Gasteiger partial charge >= 0.3 is 0 Å². The van der Waals surface area contributed by atoms with Gasteiger partial charge in [-0.1, -0.05) is 17.8 Å². The Balaban J connectivity index is 1.15. The number of hydrogen-bond donors (Lipinski definition) is 1. The molecule has 0 bridgehead atoms. The first-order valence-corrected chi connectivity index (χ1v) is 12.7. The van der Waals surface area contributed by atoms with Crippen LogP contribution in [0.15, 0.2) is 18.3 Å². The molecule has 0 radical (unpaired) electrons. The molecule has 2 aromatic rings. The minimum absolute atomic E-state index is 0.0181. The van der Waals surface area contributed by atoms with Crippen LogP contribution in [0.5, 0.6) is 0 Å². The van der Waals surface area contributed by atoms with Crippen LogP contribution in [0.2, 0.25) is 0 Å². The molecule has 2 aliphatic rings. The average molecular weight is 459 g/mol. The number of piperidine rings is 1. The zero-order valence-corrected chi connectivity index (χ0v) is 19.6. The number of rotatable bonds is 8. The van der Waals surface area contributed by atoms with Gasteiger partial charge in [0.05, 0.1) is 0 Å². The second kappa shape index (κ2) is 11.6. The lowest BCUT2D eigenvalue weighted by molar-refractivity contribution is -0.133. The smallest absolute Gasteiger partial charge is 0.223 e. The van der Waals surface area contributed by atoms with E-state index in [0.717, 1.165) is 54.5 Å². The molecule has 0 aliphatic carbocycles. The van der Waals surface area contributed by atoms with Crippen LogP contribution < -0.4 is 10.2 Å². The lowest BCUT2D eigenvalue weighted by Gasteiger charge is -2.26. The topological polar surface area (TPSA) is 81.7 Å². The van der Waals surface area contributed by atoms with Gasteiger partial charge in [0.1, 0.15) is 10.3 Å². The molecule has 2 aliphatic heterocycles. The van der Waals surface area contributed by atoms with Crippen molar-refractivity contribution in [3.63, 3.8) is 0 Å². The van der Waals surface area contributed by atoms with Gasteiger partial charge in [-0.15, -0.1) is 0 Å². The van der Waals surface area contributed by atoms with Crippen molar-refractivity contribution in [3.05, 3.63) is 18.3 Å². The molecule has 0 spiro atoms. The molecule has 0 saturated carbocycles. The van der Waals surface area contributed by atoms with Gasteiger partial charge in [0.25, 0.3) is 0 Å². The summed E-state index contributed by atoms with van der Waals surface area (Å²) in [6.07, 6.45) is 8.14. The molecular weight excluding hydrogens is 424 g/mol. The Morgan fingerprint density at radius 1 is 1.00 bits per heavy atom. The first kappa shape index (κ1) is 22.9. The Morgan fingerprint density at radius 3 is 2.72 bits per heavy atom. The number of carbonyl (C=O) groups excluding carboxylic acids is 2. The van der Waals surface area contributed by atoms with E-state index in [4.69, 9.17) is 4.98 Å².